The lowest BCUT2D eigenvalue weighted by atomic mass is 10.3. The summed E-state index contributed by atoms with van der Waals surface area (Å²) < 4.78 is 18.4. The summed E-state index contributed by atoms with van der Waals surface area (Å²) in [7, 11) is 0. The second kappa shape index (κ2) is 4.77. The number of nitrogens with one attached hydrogen (secondary N) is 1. The quantitative estimate of drug-likeness (QED) is 0.900. The summed E-state index contributed by atoms with van der Waals surface area (Å²) in [6.07, 6.45) is 0. The lowest BCUT2D eigenvalue weighted by molar-refractivity contribution is 0.0996. The van der Waals surface area contributed by atoms with Crippen LogP contribution in [0.4, 0.5) is 10.1 Å². The number of benzene rings is 1. The van der Waals surface area contributed by atoms with E-state index >= 15 is 0 Å². The minimum Gasteiger partial charge on any atom is -0.440 e. The van der Waals surface area contributed by atoms with E-state index < -0.39 is 11.7 Å². The maximum Gasteiger partial charge on any atom is 0.291 e. The van der Waals surface area contributed by atoms with Crippen molar-refractivity contribution in [1.82, 2.24) is 0 Å². The molecule has 1 N–H and O–H groups in total. The van der Waals surface area contributed by atoms with Crippen molar-refractivity contribution in [2.75, 3.05) is 5.32 Å². The Bertz CT molecular complexity index is 568. The van der Waals surface area contributed by atoms with Crippen molar-refractivity contribution in [3.63, 3.8) is 0 Å². The highest BCUT2D eigenvalue weighted by Crippen LogP contribution is 2.23. The average Bonchev–Trinajstić information content (AvgIpc) is 2.72. The van der Waals surface area contributed by atoms with Gasteiger partial charge in [-0.1, -0.05) is 17.7 Å². The van der Waals surface area contributed by atoms with Gasteiger partial charge in [-0.05, 0) is 35.9 Å². The molecule has 0 aliphatic heterocycles. The van der Waals surface area contributed by atoms with Gasteiger partial charge in [0.05, 0.1) is 10.7 Å². The summed E-state index contributed by atoms with van der Waals surface area (Å²) in [5.41, 5.74) is -0.0185. The topological polar surface area (TPSA) is 42.2 Å². The zero-order chi connectivity index (χ0) is 12.4. The van der Waals surface area contributed by atoms with Crippen LogP contribution in [-0.4, -0.2) is 5.91 Å². The molecule has 17 heavy (non-hydrogen) atoms. The largest absolute Gasteiger partial charge is 0.440 e. The zero-order valence-corrected chi connectivity index (χ0v) is 9.85. The fourth-order valence-electron chi connectivity index (χ4n) is 1.22. The third-order valence-electron chi connectivity index (χ3n) is 2.00. The first-order valence-corrected chi connectivity index (χ1v) is 5.34. The number of amides is 1. The lowest BCUT2D eigenvalue weighted by Gasteiger charge is -2.05. The zero-order valence-electron chi connectivity index (χ0n) is 8.34. The van der Waals surface area contributed by atoms with Crippen molar-refractivity contribution in [2.24, 2.45) is 0 Å². The minimum atomic E-state index is -0.694. The first-order valence-electron chi connectivity index (χ1n) is 4.58. The third kappa shape index (κ3) is 2.60. The van der Waals surface area contributed by atoms with Crippen LogP contribution in [0.15, 0.2) is 34.7 Å². The molecule has 88 valence electrons. The van der Waals surface area contributed by atoms with Crippen molar-refractivity contribution in [2.45, 2.75) is 0 Å². The minimum absolute atomic E-state index is 0.00521. The van der Waals surface area contributed by atoms with Crippen molar-refractivity contribution in [3.8, 4) is 0 Å². The van der Waals surface area contributed by atoms with Crippen molar-refractivity contribution in [1.29, 1.82) is 0 Å². The monoisotopic (exact) mass is 273 g/mol. The Labute approximate surface area is 106 Å². The molecule has 1 aromatic carbocycles. The van der Waals surface area contributed by atoms with E-state index in [1.54, 1.807) is 0 Å². The lowest BCUT2D eigenvalue weighted by Crippen LogP contribution is -2.12. The first-order chi connectivity index (χ1) is 8.08. The molecular formula is C11H6Cl2FNO2. The van der Waals surface area contributed by atoms with Crippen molar-refractivity contribution in [3.05, 3.63) is 52.2 Å². The number of hydrogen-bond donors (Lipinski definition) is 1. The van der Waals surface area contributed by atoms with E-state index in [2.05, 4.69) is 5.32 Å². The highest BCUT2D eigenvalue weighted by atomic mass is 35.5. The van der Waals surface area contributed by atoms with Crippen LogP contribution in [0.25, 0.3) is 0 Å². The number of furan rings is 1. The molecule has 2 aromatic rings. The van der Waals surface area contributed by atoms with E-state index in [0.29, 0.717) is 0 Å². The number of carbonyl (C=O) groups is 1. The molecule has 0 aliphatic carbocycles. The Kier molecular flexibility index (Phi) is 3.36. The van der Waals surface area contributed by atoms with Crippen molar-refractivity contribution < 1.29 is 13.6 Å². The third-order valence-corrected chi connectivity index (χ3v) is 2.49. The summed E-state index contributed by atoms with van der Waals surface area (Å²) in [6.45, 7) is 0. The van der Waals surface area contributed by atoms with Gasteiger partial charge < -0.3 is 9.73 Å². The van der Waals surface area contributed by atoms with Gasteiger partial charge in [-0.3, -0.25) is 4.79 Å². The molecular weight excluding hydrogens is 268 g/mol. The van der Waals surface area contributed by atoms with Gasteiger partial charge in [0, 0.05) is 0 Å². The van der Waals surface area contributed by atoms with Crippen LogP contribution < -0.4 is 5.32 Å². The Morgan fingerprint density at radius 1 is 1.24 bits per heavy atom. The molecule has 0 saturated heterocycles. The highest BCUT2D eigenvalue weighted by Gasteiger charge is 2.14. The van der Waals surface area contributed by atoms with Crippen LogP contribution in [0.2, 0.25) is 10.2 Å². The Hall–Kier alpha value is -1.52. The van der Waals surface area contributed by atoms with Crippen LogP contribution in [0.5, 0.6) is 0 Å². The highest BCUT2D eigenvalue weighted by molar-refractivity contribution is 6.31. The summed E-state index contributed by atoms with van der Waals surface area (Å²) in [5, 5.41) is 2.35. The van der Waals surface area contributed by atoms with Gasteiger partial charge in [-0.2, -0.15) is 0 Å². The molecule has 0 unspecified atom stereocenters. The van der Waals surface area contributed by atoms with Gasteiger partial charge >= 0.3 is 0 Å². The number of rotatable bonds is 2. The van der Waals surface area contributed by atoms with Gasteiger partial charge in [0.25, 0.3) is 5.91 Å². The van der Waals surface area contributed by atoms with E-state index in [4.69, 9.17) is 27.6 Å². The van der Waals surface area contributed by atoms with Crippen LogP contribution in [0, 0.1) is 5.82 Å². The second-order valence-electron chi connectivity index (χ2n) is 3.16. The van der Waals surface area contributed by atoms with Crippen LogP contribution >= 0.6 is 23.2 Å². The molecule has 0 aliphatic rings. The number of hydrogen-bond acceptors (Lipinski definition) is 2. The second-order valence-corrected chi connectivity index (χ2v) is 3.94. The SMILES string of the molecule is O=C(Nc1cccc(Cl)c1F)c1ccc(Cl)o1. The molecule has 1 amide bonds. The summed E-state index contributed by atoms with van der Waals surface area (Å²) >= 11 is 11.1. The van der Waals surface area contributed by atoms with Crippen molar-refractivity contribution >= 4 is 34.8 Å². The molecule has 0 atom stereocenters. The Balaban J connectivity index is 2.21. The van der Waals surface area contributed by atoms with Crippen LogP contribution in [-0.2, 0) is 0 Å². The molecule has 3 nitrogen and oxygen atoms in total. The molecule has 0 radical (unpaired) electrons. The fourth-order valence-corrected chi connectivity index (χ4v) is 1.54. The van der Waals surface area contributed by atoms with E-state index in [1.807, 2.05) is 0 Å². The van der Waals surface area contributed by atoms with E-state index in [0.717, 1.165) is 0 Å². The molecule has 0 spiro atoms. The number of halogens is 3. The normalized spacial score (nSPS) is 10.3. The van der Waals surface area contributed by atoms with Gasteiger partial charge in [0.2, 0.25) is 0 Å². The maximum atomic E-state index is 13.5. The average molecular weight is 274 g/mol. The molecule has 1 heterocycles. The first kappa shape index (κ1) is 12.0. The van der Waals surface area contributed by atoms with Gasteiger partial charge in [0.1, 0.15) is 0 Å². The Morgan fingerprint density at radius 2 is 2.00 bits per heavy atom. The summed E-state index contributed by atoms with van der Waals surface area (Å²) in [5.74, 6) is -1.30. The van der Waals surface area contributed by atoms with Crippen LogP contribution in [0.3, 0.4) is 0 Å². The Morgan fingerprint density at radius 3 is 2.65 bits per heavy atom. The van der Waals surface area contributed by atoms with Crippen LogP contribution in [0.1, 0.15) is 10.6 Å². The molecule has 0 saturated carbocycles. The number of anilines is 1. The molecule has 6 heteroatoms. The van der Waals surface area contributed by atoms with E-state index in [9.17, 15) is 9.18 Å². The fraction of sp³-hybridized carbons (Fsp3) is 0. The predicted molar refractivity (Wildman–Crippen MR) is 63.1 cm³/mol. The predicted octanol–water partition coefficient (Wildman–Crippen LogP) is 3.98. The molecule has 0 fully saturated rings. The maximum absolute atomic E-state index is 13.5. The summed E-state index contributed by atoms with van der Waals surface area (Å²) in [6, 6.07) is 7.11. The standard InChI is InChI=1S/C11H6Cl2FNO2/c12-6-2-1-3-7(10(6)14)15-11(16)8-4-5-9(13)17-8/h1-5H,(H,15,16). The molecule has 1 aromatic heterocycles. The van der Waals surface area contributed by atoms with Gasteiger partial charge in [0.15, 0.2) is 16.8 Å². The van der Waals surface area contributed by atoms with Gasteiger partial charge in [-0.25, -0.2) is 4.39 Å². The molecule has 0 bridgehead atoms. The van der Waals surface area contributed by atoms with E-state index in [-0.39, 0.29) is 21.7 Å². The molecule has 2 rings (SSSR count). The smallest absolute Gasteiger partial charge is 0.291 e. The number of carbonyl (C=O) groups excluding carboxylic acids is 1. The summed E-state index contributed by atoms with van der Waals surface area (Å²) in [4.78, 5) is 11.6. The van der Waals surface area contributed by atoms with E-state index in [1.165, 1.54) is 30.3 Å². The van der Waals surface area contributed by atoms with Gasteiger partial charge in [-0.15, -0.1) is 0 Å².